The fraction of sp³-hybridized carbons (Fsp3) is 0.400. The maximum atomic E-state index is 5.38. The molecule has 0 atom stereocenters. The zero-order valence-corrected chi connectivity index (χ0v) is 12.2. The van der Waals surface area contributed by atoms with Crippen molar-refractivity contribution in [2.45, 2.75) is 13.8 Å². The number of morpholine rings is 1. The van der Waals surface area contributed by atoms with Crippen LogP contribution in [0.5, 0.6) is 0 Å². The molecule has 0 aliphatic carbocycles. The van der Waals surface area contributed by atoms with E-state index in [1.807, 2.05) is 0 Å². The number of nitrogens with zero attached hydrogens (tertiary/aromatic N) is 2. The van der Waals surface area contributed by atoms with Crippen molar-refractivity contribution >= 4 is 16.5 Å². The lowest BCUT2D eigenvalue weighted by atomic mass is 10.0. The average Bonchev–Trinajstić information content (AvgIpc) is 2.92. The number of rotatable bonds is 2. The SMILES string of the molecule is Cc1cccc(-c2csc(N3CCOCC3)n2)c1C. The third-order valence-electron chi connectivity index (χ3n) is 3.65. The van der Waals surface area contributed by atoms with E-state index in [0.717, 1.165) is 37.1 Å². The largest absolute Gasteiger partial charge is 0.378 e. The molecule has 1 aromatic heterocycles. The number of anilines is 1. The second-order valence-electron chi connectivity index (χ2n) is 4.86. The molecule has 3 rings (SSSR count). The van der Waals surface area contributed by atoms with E-state index >= 15 is 0 Å². The second-order valence-corrected chi connectivity index (χ2v) is 5.70. The van der Waals surface area contributed by atoms with Gasteiger partial charge in [-0.25, -0.2) is 4.98 Å². The number of hydrogen-bond donors (Lipinski definition) is 0. The summed E-state index contributed by atoms with van der Waals surface area (Å²) in [7, 11) is 0. The highest BCUT2D eigenvalue weighted by atomic mass is 32.1. The van der Waals surface area contributed by atoms with Crippen molar-refractivity contribution in [3.63, 3.8) is 0 Å². The van der Waals surface area contributed by atoms with Crippen molar-refractivity contribution in [1.29, 1.82) is 0 Å². The van der Waals surface area contributed by atoms with Gasteiger partial charge in [-0.05, 0) is 25.0 Å². The number of thiazole rings is 1. The average molecular weight is 274 g/mol. The third-order valence-corrected chi connectivity index (χ3v) is 4.56. The first-order chi connectivity index (χ1) is 9.25. The smallest absolute Gasteiger partial charge is 0.186 e. The van der Waals surface area contributed by atoms with Gasteiger partial charge in [0, 0.05) is 24.0 Å². The van der Waals surface area contributed by atoms with Gasteiger partial charge in [0.05, 0.1) is 18.9 Å². The minimum atomic E-state index is 0.804. The molecule has 1 saturated heterocycles. The highest BCUT2D eigenvalue weighted by Crippen LogP contribution is 2.30. The van der Waals surface area contributed by atoms with Crippen molar-refractivity contribution in [3.05, 3.63) is 34.7 Å². The monoisotopic (exact) mass is 274 g/mol. The first-order valence-electron chi connectivity index (χ1n) is 6.60. The molecule has 0 spiro atoms. The highest BCUT2D eigenvalue weighted by Gasteiger charge is 2.15. The van der Waals surface area contributed by atoms with Crippen molar-refractivity contribution in [1.82, 2.24) is 4.98 Å². The minimum absolute atomic E-state index is 0.804. The van der Waals surface area contributed by atoms with E-state index < -0.39 is 0 Å². The summed E-state index contributed by atoms with van der Waals surface area (Å²) in [5.41, 5.74) is 4.98. The molecule has 0 bridgehead atoms. The van der Waals surface area contributed by atoms with Crippen LogP contribution < -0.4 is 4.90 Å². The van der Waals surface area contributed by atoms with E-state index in [9.17, 15) is 0 Å². The molecule has 0 saturated carbocycles. The maximum absolute atomic E-state index is 5.38. The van der Waals surface area contributed by atoms with Crippen LogP contribution in [0.15, 0.2) is 23.6 Å². The predicted molar refractivity (Wildman–Crippen MR) is 80.1 cm³/mol. The van der Waals surface area contributed by atoms with E-state index in [4.69, 9.17) is 9.72 Å². The van der Waals surface area contributed by atoms with E-state index in [1.54, 1.807) is 11.3 Å². The Kier molecular flexibility index (Phi) is 3.53. The molecule has 19 heavy (non-hydrogen) atoms. The van der Waals surface area contributed by atoms with Crippen molar-refractivity contribution in [2.75, 3.05) is 31.2 Å². The molecule has 1 aliphatic heterocycles. The Morgan fingerprint density at radius 2 is 2.00 bits per heavy atom. The summed E-state index contributed by atoms with van der Waals surface area (Å²) in [6.07, 6.45) is 0. The van der Waals surface area contributed by atoms with Gasteiger partial charge < -0.3 is 9.64 Å². The Labute approximate surface area is 117 Å². The van der Waals surface area contributed by atoms with Crippen LogP contribution in [0.2, 0.25) is 0 Å². The first kappa shape index (κ1) is 12.6. The summed E-state index contributed by atoms with van der Waals surface area (Å²) in [6, 6.07) is 6.40. The summed E-state index contributed by atoms with van der Waals surface area (Å²) >= 11 is 1.72. The van der Waals surface area contributed by atoms with Crippen molar-refractivity contribution in [2.24, 2.45) is 0 Å². The summed E-state index contributed by atoms with van der Waals surface area (Å²) in [4.78, 5) is 7.10. The summed E-state index contributed by atoms with van der Waals surface area (Å²) in [6.45, 7) is 7.81. The molecule has 2 heterocycles. The normalized spacial score (nSPS) is 15.8. The van der Waals surface area contributed by atoms with Crippen LogP contribution in [0.3, 0.4) is 0 Å². The van der Waals surface area contributed by atoms with Gasteiger partial charge in [0.25, 0.3) is 0 Å². The number of aromatic nitrogens is 1. The number of ether oxygens (including phenoxy) is 1. The molecule has 1 fully saturated rings. The fourth-order valence-electron chi connectivity index (χ4n) is 2.32. The van der Waals surface area contributed by atoms with E-state index in [-0.39, 0.29) is 0 Å². The van der Waals surface area contributed by atoms with Crippen LogP contribution in [-0.4, -0.2) is 31.3 Å². The summed E-state index contributed by atoms with van der Waals surface area (Å²) in [5.74, 6) is 0. The Balaban J connectivity index is 1.90. The lowest BCUT2D eigenvalue weighted by Crippen LogP contribution is -2.36. The van der Waals surface area contributed by atoms with Crippen LogP contribution >= 0.6 is 11.3 Å². The van der Waals surface area contributed by atoms with Gasteiger partial charge in [0.2, 0.25) is 0 Å². The number of benzene rings is 1. The highest BCUT2D eigenvalue weighted by molar-refractivity contribution is 7.14. The Morgan fingerprint density at radius 3 is 2.79 bits per heavy atom. The van der Waals surface area contributed by atoms with Gasteiger partial charge >= 0.3 is 0 Å². The summed E-state index contributed by atoms with van der Waals surface area (Å²) in [5, 5.41) is 3.27. The van der Waals surface area contributed by atoms with Gasteiger partial charge in [-0.3, -0.25) is 0 Å². The molecular formula is C15H18N2OS. The Morgan fingerprint density at radius 1 is 1.21 bits per heavy atom. The molecule has 1 aliphatic rings. The van der Waals surface area contributed by atoms with Crippen molar-refractivity contribution in [3.8, 4) is 11.3 Å². The third kappa shape index (κ3) is 2.51. The standard InChI is InChI=1S/C15H18N2OS/c1-11-4-3-5-13(12(11)2)14-10-19-15(16-14)17-6-8-18-9-7-17/h3-5,10H,6-9H2,1-2H3. The molecule has 2 aromatic rings. The van der Waals surface area contributed by atoms with Crippen LogP contribution in [0, 0.1) is 13.8 Å². The van der Waals surface area contributed by atoms with Gasteiger partial charge in [-0.2, -0.15) is 0 Å². The number of aryl methyl sites for hydroxylation is 1. The molecule has 0 radical (unpaired) electrons. The van der Waals surface area contributed by atoms with Gasteiger partial charge in [0.15, 0.2) is 5.13 Å². The van der Waals surface area contributed by atoms with E-state index in [2.05, 4.69) is 42.3 Å². The molecule has 0 N–H and O–H groups in total. The fourth-order valence-corrected chi connectivity index (χ4v) is 3.20. The topological polar surface area (TPSA) is 25.4 Å². The Bertz CT molecular complexity index is 573. The number of hydrogen-bond acceptors (Lipinski definition) is 4. The molecule has 100 valence electrons. The van der Waals surface area contributed by atoms with Gasteiger partial charge in [-0.1, -0.05) is 18.2 Å². The molecule has 3 nitrogen and oxygen atoms in total. The Hall–Kier alpha value is -1.39. The van der Waals surface area contributed by atoms with E-state index in [0.29, 0.717) is 0 Å². The zero-order valence-electron chi connectivity index (χ0n) is 11.3. The van der Waals surface area contributed by atoms with Crippen LogP contribution in [0.4, 0.5) is 5.13 Å². The van der Waals surface area contributed by atoms with Crippen LogP contribution in [0.25, 0.3) is 11.3 Å². The molecule has 0 amide bonds. The van der Waals surface area contributed by atoms with Crippen molar-refractivity contribution < 1.29 is 4.74 Å². The quantitative estimate of drug-likeness (QED) is 0.840. The zero-order chi connectivity index (χ0) is 13.2. The lowest BCUT2D eigenvalue weighted by Gasteiger charge is -2.26. The molecule has 0 unspecified atom stereocenters. The van der Waals surface area contributed by atoms with Gasteiger partial charge in [0.1, 0.15) is 0 Å². The maximum Gasteiger partial charge on any atom is 0.186 e. The lowest BCUT2D eigenvalue weighted by molar-refractivity contribution is 0.122. The van der Waals surface area contributed by atoms with Crippen LogP contribution in [-0.2, 0) is 4.74 Å². The molecular weight excluding hydrogens is 256 g/mol. The molecule has 1 aromatic carbocycles. The minimum Gasteiger partial charge on any atom is -0.378 e. The predicted octanol–water partition coefficient (Wildman–Crippen LogP) is 3.26. The molecule has 4 heteroatoms. The second kappa shape index (κ2) is 5.31. The first-order valence-corrected chi connectivity index (χ1v) is 7.48. The summed E-state index contributed by atoms with van der Waals surface area (Å²) < 4.78 is 5.38. The van der Waals surface area contributed by atoms with Crippen LogP contribution in [0.1, 0.15) is 11.1 Å². The van der Waals surface area contributed by atoms with Gasteiger partial charge in [-0.15, -0.1) is 11.3 Å². The van der Waals surface area contributed by atoms with E-state index in [1.165, 1.54) is 16.7 Å².